The van der Waals surface area contributed by atoms with Crippen LogP contribution in [0.4, 0.5) is 0 Å². The molecule has 0 saturated carbocycles. The zero-order chi connectivity index (χ0) is 16.1. The van der Waals surface area contributed by atoms with Crippen LogP contribution in [-0.2, 0) is 19.5 Å². The van der Waals surface area contributed by atoms with Crippen LogP contribution in [0.1, 0.15) is 29.2 Å². The molecule has 0 unspecified atom stereocenters. The highest BCUT2D eigenvalue weighted by molar-refractivity contribution is 7.09. The van der Waals surface area contributed by atoms with Gasteiger partial charge in [0, 0.05) is 24.3 Å². The molecule has 0 amide bonds. The highest BCUT2D eigenvalue weighted by atomic mass is 32.1. The topological polar surface area (TPSA) is 45.2 Å². The first kappa shape index (κ1) is 16.5. The van der Waals surface area contributed by atoms with E-state index in [1.807, 2.05) is 18.6 Å². The number of nitrogens with zero attached hydrogens (tertiary/aromatic N) is 5. The van der Waals surface area contributed by atoms with E-state index in [2.05, 4.69) is 44.2 Å². The third-order valence-corrected chi connectivity index (χ3v) is 5.05. The lowest BCUT2D eigenvalue weighted by atomic mass is 9.92. The van der Waals surface area contributed by atoms with Gasteiger partial charge in [0.05, 0.1) is 24.1 Å². The van der Waals surface area contributed by atoms with Gasteiger partial charge in [0.15, 0.2) is 0 Å². The maximum atomic E-state index is 4.59. The maximum Gasteiger partial charge on any atom is 0.107 e. The molecule has 2 aromatic rings. The summed E-state index contributed by atoms with van der Waals surface area (Å²) in [4.78, 5) is 18.1. The third kappa shape index (κ3) is 5.06. The van der Waals surface area contributed by atoms with Crippen molar-refractivity contribution in [2.24, 2.45) is 5.92 Å². The second-order valence-corrected chi connectivity index (χ2v) is 7.57. The number of rotatable bonds is 6. The summed E-state index contributed by atoms with van der Waals surface area (Å²) in [6.07, 6.45) is 9.32. The molecule has 1 aliphatic heterocycles. The van der Waals surface area contributed by atoms with E-state index in [4.69, 9.17) is 0 Å². The van der Waals surface area contributed by atoms with E-state index < -0.39 is 0 Å². The van der Waals surface area contributed by atoms with Gasteiger partial charge in [-0.2, -0.15) is 0 Å². The molecule has 1 aliphatic rings. The average Bonchev–Trinajstić information content (AvgIpc) is 3.04. The highest BCUT2D eigenvalue weighted by Gasteiger charge is 2.20. The minimum absolute atomic E-state index is 0.733. The van der Waals surface area contributed by atoms with Crippen molar-refractivity contribution in [1.82, 2.24) is 24.8 Å². The summed E-state index contributed by atoms with van der Waals surface area (Å²) in [7, 11) is 4.10. The predicted octanol–water partition coefficient (Wildman–Crippen LogP) is 2.45. The normalized spacial score (nSPS) is 17.0. The monoisotopic (exact) mass is 331 g/mol. The van der Waals surface area contributed by atoms with Crippen LogP contribution in [-0.4, -0.2) is 51.9 Å². The molecule has 0 bridgehead atoms. The minimum Gasteiger partial charge on any atom is -0.304 e. The third-order valence-electron chi connectivity index (χ3n) is 4.28. The van der Waals surface area contributed by atoms with E-state index in [-0.39, 0.29) is 0 Å². The summed E-state index contributed by atoms with van der Waals surface area (Å²) in [5, 5.41) is 3.28. The van der Waals surface area contributed by atoms with Crippen molar-refractivity contribution >= 4 is 11.3 Å². The van der Waals surface area contributed by atoms with Gasteiger partial charge < -0.3 is 4.90 Å². The van der Waals surface area contributed by atoms with Gasteiger partial charge >= 0.3 is 0 Å². The van der Waals surface area contributed by atoms with E-state index in [9.17, 15) is 0 Å². The van der Waals surface area contributed by atoms with Gasteiger partial charge in [0.2, 0.25) is 0 Å². The van der Waals surface area contributed by atoms with Gasteiger partial charge in [0.1, 0.15) is 5.01 Å². The largest absolute Gasteiger partial charge is 0.304 e. The molecule has 2 aromatic heterocycles. The van der Waals surface area contributed by atoms with E-state index in [0.29, 0.717) is 0 Å². The summed E-state index contributed by atoms with van der Waals surface area (Å²) in [5.41, 5.74) is 2.17. The van der Waals surface area contributed by atoms with Crippen molar-refractivity contribution in [2.75, 3.05) is 27.2 Å². The quantitative estimate of drug-likeness (QED) is 0.813. The van der Waals surface area contributed by atoms with Crippen molar-refractivity contribution in [3.05, 3.63) is 40.4 Å². The van der Waals surface area contributed by atoms with Crippen LogP contribution in [0.25, 0.3) is 0 Å². The van der Waals surface area contributed by atoms with Crippen molar-refractivity contribution in [1.29, 1.82) is 0 Å². The number of hydrogen-bond acceptors (Lipinski definition) is 6. The molecule has 0 radical (unpaired) electrons. The standard InChI is InChI=1S/C17H25N5S/c1-21(2)12-16-11-19-15(10-20-16)9-14-3-6-22(7-4-14)13-17-18-5-8-23-17/h5,8,10-11,14H,3-4,6-7,9,12-13H2,1-2H3. The Morgan fingerprint density at radius 1 is 1.13 bits per heavy atom. The Kier molecular flexibility index (Phi) is 5.70. The Morgan fingerprint density at radius 2 is 1.87 bits per heavy atom. The Labute approximate surface area is 142 Å². The summed E-state index contributed by atoms with van der Waals surface area (Å²) < 4.78 is 0. The lowest BCUT2D eigenvalue weighted by molar-refractivity contribution is 0.176. The van der Waals surface area contributed by atoms with Gasteiger partial charge in [-0.3, -0.25) is 14.9 Å². The van der Waals surface area contributed by atoms with E-state index in [1.54, 1.807) is 11.3 Å². The van der Waals surface area contributed by atoms with Crippen LogP contribution in [0.15, 0.2) is 24.0 Å². The second kappa shape index (κ2) is 7.95. The van der Waals surface area contributed by atoms with Crippen LogP contribution in [0.2, 0.25) is 0 Å². The molecule has 1 saturated heterocycles. The summed E-state index contributed by atoms with van der Waals surface area (Å²) in [6, 6.07) is 0. The van der Waals surface area contributed by atoms with Crippen LogP contribution in [0.5, 0.6) is 0 Å². The Bertz CT molecular complexity index is 574. The maximum absolute atomic E-state index is 4.59. The highest BCUT2D eigenvalue weighted by Crippen LogP contribution is 2.22. The first-order valence-corrected chi connectivity index (χ1v) is 9.12. The number of piperidine rings is 1. The molecule has 3 rings (SSSR count). The lowest BCUT2D eigenvalue weighted by Crippen LogP contribution is -2.33. The van der Waals surface area contributed by atoms with Crippen molar-refractivity contribution < 1.29 is 0 Å². The molecule has 0 aromatic carbocycles. The molecule has 6 heteroatoms. The molecular formula is C17H25N5S. The summed E-state index contributed by atoms with van der Waals surface area (Å²) in [5.74, 6) is 0.733. The van der Waals surface area contributed by atoms with E-state index >= 15 is 0 Å². The average molecular weight is 331 g/mol. The summed E-state index contributed by atoms with van der Waals surface area (Å²) >= 11 is 1.75. The fraction of sp³-hybridized carbons (Fsp3) is 0.588. The van der Waals surface area contributed by atoms with Crippen LogP contribution in [0, 0.1) is 5.92 Å². The number of aromatic nitrogens is 3. The number of thiazole rings is 1. The first-order chi connectivity index (χ1) is 11.2. The zero-order valence-electron chi connectivity index (χ0n) is 14.0. The van der Waals surface area contributed by atoms with E-state index in [0.717, 1.165) is 49.9 Å². The molecule has 3 heterocycles. The van der Waals surface area contributed by atoms with E-state index in [1.165, 1.54) is 17.8 Å². The molecule has 0 spiro atoms. The van der Waals surface area contributed by atoms with Gasteiger partial charge in [0.25, 0.3) is 0 Å². The molecule has 5 nitrogen and oxygen atoms in total. The smallest absolute Gasteiger partial charge is 0.107 e. The van der Waals surface area contributed by atoms with Gasteiger partial charge in [-0.05, 0) is 52.4 Å². The van der Waals surface area contributed by atoms with Crippen molar-refractivity contribution in [2.45, 2.75) is 32.4 Å². The van der Waals surface area contributed by atoms with Crippen LogP contribution < -0.4 is 0 Å². The first-order valence-electron chi connectivity index (χ1n) is 8.24. The molecule has 0 N–H and O–H groups in total. The minimum atomic E-state index is 0.733. The number of hydrogen-bond donors (Lipinski definition) is 0. The predicted molar refractivity (Wildman–Crippen MR) is 93.2 cm³/mol. The molecule has 0 aliphatic carbocycles. The Hall–Kier alpha value is -1.37. The summed E-state index contributed by atoms with van der Waals surface area (Å²) in [6.45, 7) is 4.18. The second-order valence-electron chi connectivity index (χ2n) is 6.59. The Balaban J connectivity index is 1.45. The fourth-order valence-corrected chi connectivity index (χ4v) is 3.72. The van der Waals surface area contributed by atoms with Gasteiger partial charge in [-0.25, -0.2) is 4.98 Å². The van der Waals surface area contributed by atoms with Crippen LogP contribution >= 0.6 is 11.3 Å². The van der Waals surface area contributed by atoms with Crippen molar-refractivity contribution in [3.63, 3.8) is 0 Å². The lowest BCUT2D eigenvalue weighted by Gasteiger charge is -2.31. The molecule has 0 atom stereocenters. The van der Waals surface area contributed by atoms with Gasteiger partial charge in [-0.15, -0.1) is 11.3 Å². The van der Waals surface area contributed by atoms with Crippen molar-refractivity contribution in [3.8, 4) is 0 Å². The molecule has 1 fully saturated rings. The molecule has 23 heavy (non-hydrogen) atoms. The van der Waals surface area contributed by atoms with Gasteiger partial charge in [-0.1, -0.05) is 0 Å². The fourth-order valence-electron chi connectivity index (χ4n) is 3.06. The zero-order valence-corrected chi connectivity index (χ0v) is 14.8. The SMILES string of the molecule is CN(C)Cc1cnc(CC2CCN(Cc3nccs3)CC2)cn1. The number of likely N-dealkylation sites (tertiary alicyclic amines) is 1. The Morgan fingerprint density at radius 3 is 2.48 bits per heavy atom. The van der Waals surface area contributed by atoms with Crippen LogP contribution in [0.3, 0.4) is 0 Å². The molecular weight excluding hydrogens is 306 g/mol. The molecule has 124 valence electrons.